The molecule has 1 aromatic carbocycles. The van der Waals surface area contributed by atoms with Gasteiger partial charge in [-0.1, -0.05) is 0 Å². The van der Waals surface area contributed by atoms with Crippen molar-refractivity contribution in [3.8, 4) is 6.07 Å². The Hall–Kier alpha value is -1.16. The van der Waals surface area contributed by atoms with E-state index in [-0.39, 0.29) is 21.3 Å². The minimum atomic E-state index is -0.630. The minimum Gasteiger partial charge on any atom is -0.462 e. The van der Waals surface area contributed by atoms with Crippen LogP contribution in [0.4, 0.5) is 4.39 Å². The van der Waals surface area contributed by atoms with Crippen molar-refractivity contribution in [1.29, 1.82) is 5.26 Å². The Balaban J connectivity index is 3.23. The lowest BCUT2D eigenvalue weighted by atomic mass is 10.1. The van der Waals surface area contributed by atoms with E-state index in [1.165, 1.54) is 6.07 Å². The Morgan fingerprint density at radius 2 is 2.33 bits per heavy atom. The van der Waals surface area contributed by atoms with Gasteiger partial charge in [-0.25, -0.2) is 9.18 Å². The second kappa shape index (κ2) is 5.07. The van der Waals surface area contributed by atoms with Crippen molar-refractivity contribution in [3.05, 3.63) is 32.6 Å². The van der Waals surface area contributed by atoms with Gasteiger partial charge in [-0.05, 0) is 41.6 Å². The first kappa shape index (κ1) is 11.9. The molecule has 5 heteroatoms. The van der Waals surface area contributed by atoms with Crippen molar-refractivity contribution >= 4 is 28.6 Å². The summed E-state index contributed by atoms with van der Waals surface area (Å²) in [6.07, 6.45) is 0. The number of nitrogens with zero attached hydrogens (tertiary/aromatic N) is 1. The van der Waals surface area contributed by atoms with E-state index in [2.05, 4.69) is 0 Å². The first-order chi connectivity index (χ1) is 7.11. The number of nitriles is 1. The van der Waals surface area contributed by atoms with Gasteiger partial charge >= 0.3 is 5.97 Å². The van der Waals surface area contributed by atoms with Crippen molar-refractivity contribution in [2.24, 2.45) is 0 Å². The predicted molar refractivity (Wildman–Crippen MR) is 59.8 cm³/mol. The van der Waals surface area contributed by atoms with E-state index < -0.39 is 11.8 Å². The number of carbonyl (C=O) groups is 1. The van der Waals surface area contributed by atoms with Gasteiger partial charge < -0.3 is 4.74 Å². The van der Waals surface area contributed by atoms with Crippen LogP contribution >= 0.6 is 22.6 Å². The van der Waals surface area contributed by atoms with Gasteiger partial charge in [0.25, 0.3) is 0 Å². The van der Waals surface area contributed by atoms with Crippen LogP contribution in [-0.2, 0) is 4.74 Å². The maximum absolute atomic E-state index is 13.1. The van der Waals surface area contributed by atoms with Gasteiger partial charge in [0.05, 0.1) is 12.2 Å². The Kier molecular flexibility index (Phi) is 4.03. The Morgan fingerprint density at radius 3 is 2.87 bits per heavy atom. The number of ether oxygens (including phenoxy) is 1. The fourth-order valence-electron chi connectivity index (χ4n) is 1.02. The zero-order valence-corrected chi connectivity index (χ0v) is 10.0. The summed E-state index contributed by atoms with van der Waals surface area (Å²) in [7, 11) is 0. The van der Waals surface area contributed by atoms with E-state index in [1.54, 1.807) is 35.6 Å². The van der Waals surface area contributed by atoms with Crippen molar-refractivity contribution < 1.29 is 13.9 Å². The fraction of sp³-hybridized carbons (Fsp3) is 0.200. The van der Waals surface area contributed by atoms with Gasteiger partial charge in [0.15, 0.2) is 0 Å². The third kappa shape index (κ3) is 2.45. The Morgan fingerprint density at radius 1 is 1.67 bits per heavy atom. The lowest BCUT2D eigenvalue weighted by Gasteiger charge is -2.05. The molecule has 0 spiro atoms. The summed E-state index contributed by atoms with van der Waals surface area (Å²) < 4.78 is 18.2. The van der Waals surface area contributed by atoms with Crippen LogP contribution in [0.5, 0.6) is 0 Å². The minimum absolute atomic E-state index is 0.124. The van der Waals surface area contributed by atoms with Crippen LogP contribution < -0.4 is 0 Å². The fourth-order valence-corrected chi connectivity index (χ4v) is 1.80. The normalized spacial score (nSPS) is 9.47. The smallest absolute Gasteiger partial charge is 0.339 e. The van der Waals surface area contributed by atoms with Crippen LogP contribution in [0, 0.1) is 20.7 Å². The standard InChI is InChI=1S/C10H7FINO2/c1-2-15-10(14)6-3-4-8(11)7(5-13)9(6)12/h3-4H,2H2,1H3. The highest BCUT2D eigenvalue weighted by atomic mass is 127. The number of rotatable bonds is 2. The summed E-state index contributed by atoms with van der Waals surface area (Å²) in [5.41, 5.74) is 0.0940. The lowest BCUT2D eigenvalue weighted by molar-refractivity contribution is 0.0525. The summed E-state index contributed by atoms with van der Waals surface area (Å²) >= 11 is 1.76. The number of benzene rings is 1. The van der Waals surface area contributed by atoms with Crippen molar-refractivity contribution in [1.82, 2.24) is 0 Å². The maximum atomic E-state index is 13.1. The van der Waals surface area contributed by atoms with Crippen LogP contribution in [0.1, 0.15) is 22.8 Å². The van der Waals surface area contributed by atoms with E-state index in [0.29, 0.717) is 0 Å². The third-order valence-electron chi connectivity index (χ3n) is 1.70. The second-order valence-electron chi connectivity index (χ2n) is 2.62. The van der Waals surface area contributed by atoms with Crippen LogP contribution in [0.2, 0.25) is 0 Å². The molecule has 0 saturated carbocycles. The lowest BCUT2D eigenvalue weighted by Crippen LogP contribution is -2.08. The van der Waals surface area contributed by atoms with Crippen LogP contribution in [0.3, 0.4) is 0 Å². The van der Waals surface area contributed by atoms with Crippen LogP contribution in [-0.4, -0.2) is 12.6 Å². The highest BCUT2D eigenvalue weighted by Crippen LogP contribution is 2.20. The molecule has 0 aliphatic heterocycles. The van der Waals surface area contributed by atoms with Gasteiger partial charge in [-0.15, -0.1) is 0 Å². The van der Waals surface area contributed by atoms with Crippen molar-refractivity contribution in [3.63, 3.8) is 0 Å². The molecular weight excluding hydrogens is 312 g/mol. The largest absolute Gasteiger partial charge is 0.462 e. The zero-order chi connectivity index (χ0) is 11.4. The molecule has 1 aromatic rings. The molecule has 0 amide bonds. The van der Waals surface area contributed by atoms with Gasteiger partial charge in [0.2, 0.25) is 0 Å². The average Bonchev–Trinajstić information content (AvgIpc) is 2.18. The monoisotopic (exact) mass is 319 g/mol. The maximum Gasteiger partial charge on any atom is 0.339 e. The quantitative estimate of drug-likeness (QED) is 0.622. The third-order valence-corrected chi connectivity index (χ3v) is 2.82. The molecule has 0 aliphatic carbocycles. The van der Waals surface area contributed by atoms with E-state index >= 15 is 0 Å². The van der Waals surface area contributed by atoms with Crippen LogP contribution in [0.15, 0.2) is 12.1 Å². The van der Waals surface area contributed by atoms with Crippen LogP contribution in [0.25, 0.3) is 0 Å². The summed E-state index contributed by atoms with van der Waals surface area (Å²) in [6, 6.07) is 4.12. The summed E-state index contributed by atoms with van der Waals surface area (Å²) in [5.74, 6) is -1.17. The molecule has 0 aliphatic rings. The molecule has 0 heterocycles. The SMILES string of the molecule is CCOC(=O)c1ccc(F)c(C#N)c1I. The number of carbonyl (C=O) groups excluding carboxylic acids is 1. The molecular formula is C10H7FINO2. The van der Waals surface area contributed by atoms with E-state index in [0.717, 1.165) is 6.07 Å². The number of hydrogen-bond acceptors (Lipinski definition) is 3. The van der Waals surface area contributed by atoms with Gasteiger partial charge in [-0.3, -0.25) is 0 Å². The molecule has 0 saturated heterocycles. The summed E-state index contributed by atoms with van der Waals surface area (Å²) in [5, 5.41) is 8.69. The molecule has 3 nitrogen and oxygen atoms in total. The highest BCUT2D eigenvalue weighted by Gasteiger charge is 2.16. The molecule has 1 rings (SSSR count). The molecule has 0 unspecified atom stereocenters. The van der Waals surface area contributed by atoms with E-state index in [9.17, 15) is 9.18 Å². The van der Waals surface area contributed by atoms with Crippen molar-refractivity contribution in [2.45, 2.75) is 6.92 Å². The van der Waals surface area contributed by atoms with Gasteiger partial charge in [0.1, 0.15) is 17.4 Å². The van der Waals surface area contributed by atoms with Gasteiger partial charge in [-0.2, -0.15) is 5.26 Å². The molecule has 0 N–H and O–H groups in total. The van der Waals surface area contributed by atoms with Gasteiger partial charge in [0, 0.05) is 3.57 Å². The molecule has 0 bridgehead atoms. The summed E-state index contributed by atoms with van der Waals surface area (Å²) in [6.45, 7) is 1.92. The topological polar surface area (TPSA) is 50.1 Å². The molecule has 0 fully saturated rings. The second-order valence-corrected chi connectivity index (χ2v) is 3.69. The highest BCUT2D eigenvalue weighted by molar-refractivity contribution is 14.1. The Bertz CT molecular complexity index is 440. The predicted octanol–water partition coefficient (Wildman–Crippen LogP) is 2.48. The number of esters is 1. The molecule has 0 atom stereocenters. The van der Waals surface area contributed by atoms with E-state index in [4.69, 9.17) is 10.00 Å². The number of hydrogen-bond donors (Lipinski definition) is 0. The Labute approximate surface area is 100.0 Å². The first-order valence-electron chi connectivity index (χ1n) is 4.17. The summed E-state index contributed by atoms with van der Waals surface area (Å²) in [4.78, 5) is 11.4. The average molecular weight is 319 g/mol. The zero-order valence-electron chi connectivity index (χ0n) is 7.88. The molecule has 0 aromatic heterocycles. The van der Waals surface area contributed by atoms with Crippen molar-refractivity contribution in [2.75, 3.05) is 6.61 Å². The van der Waals surface area contributed by atoms with E-state index in [1.807, 2.05) is 0 Å². The first-order valence-corrected chi connectivity index (χ1v) is 5.25. The molecule has 0 radical (unpaired) electrons. The molecule has 15 heavy (non-hydrogen) atoms. The molecule has 78 valence electrons. The number of halogens is 2.